The predicted molar refractivity (Wildman–Crippen MR) is 324 cm³/mol. The van der Waals surface area contributed by atoms with E-state index < -0.39 is 6.85 Å². The van der Waals surface area contributed by atoms with E-state index in [9.17, 15) is 0 Å². The first-order valence-corrected chi connectivity index (χ1v) is 27.9. The number of hydrogen-bond donors (Lipinski definition) is 0. The summed E-state index contributed by atoms with van der Waals surface area (Å²) in [6.45, 7) is 6.51. The Labute approximate surface area is 472 Å². The van der Waals surface area contributed by atoms with Crippen LogP contribution in [0.15, 0.2) is 231 Å². The van der Waals surface area contributed by atoms with Gasteiger partial charge in [-0.25, -0.2) is 0 Å². The fourth-order valence-corrected chi connectivity index (χ4v) is 13.3. The molecule has 79 heavy (non-hydrogen) atoms. The molecular formula is C72H53N5OPt. The average molecular weight is 1200 g/mol. The molecule has 0 radical (unpaired) electrons. The Morgan fingerprint density at radius 2 is 1.03 bits per heavy atom. The van der Waals surface area contributed by atoms with E-state index in [2.05, 4.69) is 247 Å². The van der Waals surface area contributed by atoms with E-state index >= 15 is 0 Å². The van der Waals surface area contributed by atoms with Crippen molar-refractivity contribution in [1.82, 2.24) is 23.1 Å². The minimum atomic E-state index is -2.43. The van der Waals surface area contributed by atoms with Gasteiger partial charge in [0.1, 0.15) is 0 Å². The topological polar surface area (TPSA) is 41.3 Å². The third kappa shape index (κ3) is 7.42. The van der Waals surface area contributed by atoms with Gasteiger partial charge in [0.05, 0.1) is 16.6 Å². The fraction of sp³-hybridized carbons (Fsp3) is 0.0833. The van der Waals surface area contributed by atoms with Crippen molar-refractivity contribution in [3.8, 4) is 62.1 Å². The van der Waals surface area contributed by atoms with Crippen LogP contribution in [-0.4, -0.2) is 23.1 Å². The summed E-state index contributed by atoms with van der Waals surface area (Å²) < 4.78 is 43.9. The van der Waals surface area contributed by atoms with Crippen LogP contribution in [0.5, 0.6) is 11.5 Å². The number of fused-ring (bicyclic) bond motifs is 10. The summed E-state index contributed by atoms with van der Waals surface area (Å²) in [5.74, 6) is 1.84. The second-order valence-electron chi connectivity index (χ2n) is 21.8. The predicted octanol–water partition coefficient (Wildman–Crippen LogP) is 18.8. The smallest absolute Gasteiger partial charge is 0.0622 e. The zero-order valence-corrected chi connectivity index (χ0v) is 46.2. The minimum Gasteiger partial charge on any atom is -0.0622 e. The van der Waals surface area contributed by atoms with E-state index in [1.165, 1.54) is 27.2 Å². The number of imidazole rings is 1. The molecule has 5 aromatic heterocycles. The number of benzene rings is 10. The van der Waals surface area contributed by atoms with Crippen molar-refractivity contribution in [2.24, 2.45) is 0 Å². The van der Waals surface area contributed by atoms with Crippen LogP contribution in [0.2, 0.25) is 0 Å². The summed E-state index contributed by atoms with van der Waals surface area (Å²) in [6.07, 6.45) is 1.72. The van der Waals surface area contributed by atoms with Gasteiger partial charge in [-0.1, -0.05) is 66.7 Å². The SMILES string of the molecule is [2H]C([2H])([2H])c1cc(-n2c3cc(Oc4cc(-n5[c](=[Pt])n(-c6c(-c7ccccc7)cc(C(C)(C)C)cc6-c6ccccc6)c6ccccc65)ccc4C)ccc3c3cc4c5cccc6c7ccccc7n(c4cc32)c65)ncc1-c1ccccc1. The normalized spacial score (nSPS) is 12.9. The number of para-hydroxylation sites is 4. The van der Waals surface area contributed by atoms with Gasteiger partial charge in [0.25, 0.3) is 0 Å². The molecule has 0 aliphatic heterocycles. The summed E-state index contributed by atoms with van der Waals surface area (Å²) in [5, 5.41) is 6.75. The van der Waals surface area contributed by atoms with Gasteiger partial charge in [0, 0.05) is 37.4 Å². The first-order chi connectivity index (χ1) is 39.8. The minimum absolute atomic E-state index is 0.107. The monoisotopic (exact) mass is 1200 g/mol. The van der Waals surface area contributed by atoms with Crippen molar-refractivity contribution in [2.75, 3.05) is 0 Å². The number of aromatic nitrogens is 5. The van der Waals surface area contributed by atoms with Crippen LogP contribution in [0, 0.1) is 17.6 Å². The van der Waals surface area contributed by atoms with Crippen molar-refractivity contribution in [3.05, 3.63) is 251 Å². The molecule has 6 nitrogen and oxygen atoms in total. The van der Waals surface area contributed by atoms with Gasteiger partial charge in [-0.05, 0) is 24.0 Å². The van der Waals surface area contributed by atoms with E-state index in [1.807, 2.05) is 36.4 Å². The van der Waals surface area contributed by atoms with Crippen molar-refractivity contribution >= 4 is 70.9 Å². The second kappa shape index (κ2) is 18.0. The molecule has 0 atom stereocenters. The summed E-state index contributed by atoms with van der Waals surface area (Å²) in [7, 11) is 0. The Balaban J connectivity index is 0.922. The summed E-state index contributed by atoms with van der Waals surface area (Å²) in [4.78, 5) is 5.13. The van der Waals surface area contributed by atoms with Crippen molar-refractivity contribution in [2.45, 2.75) is 40.0 Å². The van der Waals surface area contributed by atoms with E-state index in [-0.39, 0.29) is 11.0 Å². The number of aryl methyl sites for hydroxylation is 2. The number of ether oxygens (including phenoxy) is 1. The molecule has 0 spiro atoms. The number of nitrogens with zero attached hydrogens (tertiary/aromatic N) is 5. The molecule has 0 amide bonds. The van der Waals surface area contributed by atoms with Crippen LogP contribution >= 0.6 is 0 Å². The van der Waals surface area contributed by atoms with Crippen molar-refractivity contribution < 1.29 is 28.2 Å². The maximum atomic E-state index is 8.86. The number of rotatable bonds is 8. The third-order valence-corrected chi connectivity index (χ3v) is 17.0. The molecule has 0 N–H and O–H groups in total. The van der Waals surface area contributed by atoms with E-state index in [0.717, 1.165) is 97.8 Å². The standard InChI is InChI=1S/C72H53N5O.Pt/c1-45-32-33-51(74-44-75(64-31-18-17-30-63(64)74)70-57(47-20-9-6-10-21-47)37-50(72(3,4)5)38-58(70)48-22-11-7-12-23-48)39-68(45)78-52-34-35-54-59-41-60-56-28-19-27-55-53-26-15-16-29-62(53)77(71(55)56)67(60)42-66(59)76(65(54)40-52)69-36-46(2)61(43-73-69)49-24-13-8-14-25-49;/h6-43H,1-5H3;/i2D3;. The molecule has 7 heteroatoms. The molecule has 0 aliphatic rings. The third-order valence-electron chi connectivity index (χ3n) is 16.0. The first-order valence-electron chi connectivity index (χ1n) is 28.3. The van der Waals surface area contributed by atoms with Gasteiger partial charge in [-0.15, -0.1) is 0 Å². The van der Waals surface area contributed by atoms with Gasteiger partial charge >= 0.3 is 326 Å². The number of pyridine rings is 1. The van der Waals surface area contributed by atoms with E-state index in [4.69, 9.17) is 13.8 Å². The van der Waals surface area contributed by atoms with Crippen LogP contribution in [-0.2, 0) is 24.8 Å². The number of hydrogen-bond acceptors (Lipinski definition) is 2. The average Bonchev–Trinajstić information content (AvgIpc) is 3.60. The van der Waals surface area contributed by atoms with Crippen LogP contribution in [0.1, 0.15) is 41.6 Å². The van der Waals surface area contributed by atoms with Gasteiger partial charge in [0.15, 0.2) is 0 Å². The van der Waals surface area contributed by atoms with Gasteiger partial charge < -0.3 is 4.40 Å². The van der Waals surface area contributed by atoms with Crippen LogP contribution < -0.4 is 4.74 Å². The molecule has 0 saturated carbocycles. The van der Waals surface area contributed by atoms with Crippen LogP contribution in [0.25, 0.3) is 122 Å². The Bertz CT molecular complexity index is 5060. The van der Waals surface area contributed by atoms with E-state index in [1.54, 1.807) is 12.3 Å². The quantitative estimate of drug-likeness (QED) is 0.152. The second-order valence-corrected chi connectivity index (χ2v) is 22.8. The molecule has 15 aromatic rings. The zero-order valence-electron chi connectivity index (χ0n) is 46.9. The van der Waals surface area contributed by atoms with Crippen LogP contribution in [0.4, 0.5) is 0 Å². The molecule has 382 valence electrons. The van der Waals surface area contributed by atoms with Crippen molar-refractivity contribution in [1.29, 1.82) is 0 Å². The Kier molecular flexibility index (Phi) is 10.0. The molecule has 0 unspecified atom stereocenters. The summed E-state index contributed by atoms with van der Waals surface area (Å²) >= 11 is 2.51. The van der Waals surface area contributed by atoms with Gasteiger partial charge in [0.2, 0.25) is 0 Å². The Morgan fingerprint density at radius 3 is 1.70 bits per heavy atom. The molecular weight excluding hydrogens is 1150 g/mol. The first kappa shape index (κ1) is 43.9. The summed E-state index contributed by atoms with van der Waals surface area (Å²) in [6, 6.07) is 78.7. The Hall–Kier alpha value is -9.09. The molecule has 10 aromatic carbocycles. The fourth-order valence-electron chi connectivity index (χ4n) is 12.2. The van der Waals surface area contributed by atoms with Crippen molar-refractivity contribution in [3.63, 3.8) is 0 Å². The molecule has 5 heterocycles. The van der Waals surface area contributed by atoms with Crippen LogP contribution in [0.3, 0.4) is 0 Å². The Morgan fingerprint density at radius 1 is 0.456 bits per heavy atom. The van der Waals surface area contributed by atoms with E-state index in [0.29, 0.717) is 22.9 Å². The molecule has 0 aliphatic carbocycles. The zero-order chi connectivity index (χ0) is 55.8. The molecule has 0 fully saturated rings. The summed E-state index contributed by atoms with van der Waals surface area (Å²) in [5.41, 5.74) is 17.6. The molecule has 0 saturated heterocycles. The maximum absolute atomic E-state index is 8.86. The molecule has 15 rings (SSSR count). The molecule has 0 bridgehead atoms. The van der Waals surface area contributed by atoms with Gasteiger partial charge in [-0.3, -0.25) is 0 Å². The van der Waals surface area contributed by atoms with Gasteiger partial charge in [-0.2, -0.15) is 0 Å².